The summed E-state index contributed by atoms with van der Waals surface area (Å²) < 4.78 is 26.7. The Bertz CT molecular complexity index is 767. The summed E-state index contributed by atoms with van der Waals surface area (Å²) in [6.45, 7) is 1.56. The number of H-pyrrole nitrogens is 1. The number of aryl methyl sites for hydroxylation is 1. The highest BCUT2D eigenvalue weighted by atomic mass is 32.2. The van der Waals surface area contributed by atoms with E-state index in [4.69, 9.17) is 0 Å². The number of hydrogen-bond donors (Lipinski definition) is 2. The average molecular weight is 317 g/mol. The van der Waals surface area contributed by atoms with Crippen LogP contribution in [0, 0.1) is 6.92 Å². The topological polar surface area (TPSA) is 91.9 Å². The van der Waals surface area contributed by atoms with Crippen molar-refractivity contribution in [1.29, 1.82) is 0 Å². The van der Waals surface area contributed by atoms with E-state index in [1.165, 1.54) is 11.3 Å². The number of sulfonamides is 1. The average Bonchev–Trinajstić information content (AvgIpc) is 2.97. The second kappa shape index (κ2) is 4.43. The zero-order valence-corrected chi connectivity index (χ0v) is 12.4. The Kier molecular flexibility index (Phi) is 2.99. The fourth-order valence-electron chi connectivity index (χ4n) is 1.71. The van der Waals surface area contributed by atoms with E-state index in [1.54, 1.807) is 6.92 Å². The van der Waals surface area contributed by atoms with Gasteiger partial charge in [0, 0.05) is 17.0 Å². The van der Waals surface area contributed by atoms with Gasteiger partial charge in [0.1, 0.15) is 0 Å². The maximum absolute atomic E-state index is 12.1. The Morgan fingerprint density at radius 3 is 2.79 bits per heavy atom. The maximum atomic E-state index is 12.1. The molecule has 1 aliphatic carbocycles. The number of nitrogens with one attached hydrogen (secondary N) is 2. The lowest BCUT2D eigenvalue weighted by Crippen LogP contribution is -2.12. The van der Waals surface area contributed by atoms with Crippen molar-refractivity contribution in [3.8, 4) is 0 Å². The lowest BCUT2D eigenvalue weighted by Gasteiger charge is -2.02. The zero-order valence-electron chi connectivity index (χ0n) is 9.97. The van der Waals surface area contributed by atoms with Gasteiger partial charge in [-0.15, -0.1) is 11.3 Å². The van der Waals surface area contributed by atoms with Gasteiger partial charge in [-0.1, -0.05) is 11.3 Å². The lowest BCUT2D eigenvalue weighted by atomic mass is 10.3. The summed E-state index contributed by atoms with van der Waals surface area (Å²) in [6.07, 6.45) is 2.24. The van der Waals surface area contributed by atoms with Gasteiger partial charge in [0.15, 0.2) is 9.34 Å². The first-order valence-electron chi connectivity index (χ1n) is 5.63. The van der Waals surface area contributed by atoms with E-state index in [0.717, 1.165) is 18.5 Å². The first-order valence-corrected chi connectivity index (χ1v) is 8.81. The fourth-order valence-corrected chi connectivity index (χ4v) is 5.05. The third-order valence-electron chi connectivity index (χ3n) is 2.76. The Morgan fingerprint density at radius 1 is 1.47 bits per heavy atom. The van der Waals surface area contributed by atoms with Gasteiger partial charge in [0.2, 0.25) is 0 Å². The van der Waals surface area contributed by atoms with Gasteiger partial charge in [-0.3, -0.25) is 9.52 Å². The first kappa shape index (κ1) is 12.8. The summed E-state index contributed by atoms with van der Waals surface area (Å²) in [5, 5.41) is 2.23. The van der Waals surface area contributed by atoms with Crippen LogP contribution in [0.3, 0.4) is 0 Å². The van der Waals surface area contributed by atoms with Crippen molar-refractivity contribution >= 4 is 37.8 Å². The molecule has 0 saturated heterocycles. The van der Waals surface area contributed by atoms with Gasteiger partial charge in [-0.2, -0.15) is 0 Å². The van der Waals surface area contributed by atoms with Crippen molar-refractivity contribution in [3.05, 3.63) is 26.4 Å². The molecule has 1 fully saturated rings. The molecule has 9 heteroatoms. The molecule has 0 spiro atoms. The van der Waals surface area contributed by atoms with E-state index in [0.29, 0.717) is 28.1 Å². The number of nitrogens with zero attached hydrogens (tertiary/aromatic N) is 1. The highest BCUT2D eigenvalue weighted by molar-refractivity contribution is 7.94. The molecular formula is C10H11N3O3S3. The van der Waals surface area contributed by atoms with Crippen molar-refractivity contribution in [2.24, 2.45) is 0 Å². The Hall–Kier alpha value is -1.19. The largest absolute Gasteiger partial charge is 0.315 e. The van der Waals surface area contributed by atoms with Crippen molar-refractivity contribution in [2.45, 2.75) is 29.9 Å². The second-order valence-electron chi connectivity index (χ2n) is 4.38. The highest BCUT2D eigenvalue weighted by Crippen LogP contribution is 2.41. The number of anilines is 1. The molecule has 102 valence electrons. The normalized spacial score (nSPS) is 15.6. The predicted octanol–water partition coefficient (Wildman–Crippen LogP) is 1.88. The van der Waals surface area contributed by atoms with E-state index in [2.05, 4.69) is 14.7 Å². The van der Waals surface area contributed by atoms with E-state index < -0.39 is 10.0 Å². The molecule has 2 aromatic rings. The van der Waals surface area contributed by atoms with Crippen LogP contribution in [0.25, 0.3) is 0 Å². The number of hydrogen-bond acceptors (Lipinski definition) is 6. The number of aromatic nitrogens is 2. The monoisotopic (exact) mass is 317 g/mol. The Morgan fingerprint density at radius 2 is 2.21 bits per heavy atom. The Labute approximate surface area is 117 Å². The molecule has 1 aliphatic rings. The standard InChI is InChI=1S/C10H11N3O3S3/c1-5-8(18-10(14)11-5)19(15,16)13-9-12-7(4-17-9)6-2-3-6/h4,6H,2-3H2,1H3,(H,11,14)(H,12,13). The van der Waals surface area contributed by atoms with Gasteiger partial charge in [0.25, 0.3) is 10.0 Å². The molecule has 19 heavy (non-hydrogen) atoms. The van der Waals surface area contributed by atoms with Crippen LogP contribution in [-0.2, 0) is 10.0 Å². The van der Waals surface area contributed by atoms with Crippen molar-refractivity contribution in [2.75, 3.05) is 4.72 Å². The van der Waals surface area contributed by atoms with Crippen molar-refractivity contribution in [1.82, 2.24) is 9.97 Å². The molecule has 2 aromatic heterocycles. The van der Waals surface area contributed by atoms with Crippen LogP contribution in [0.2, 0.25) is 0 Å². The number of thiazole rings is 2. The van der Waals surface area contributed by atoms with Crippen LogP contribution >= 0.6 is 22.7 Å². The predicted molar refractivity (Wildman–Crippen MR) is 74.6 cm³/mol. The number of aromatic amines is 1. The molecule has 0 unspecified atom stereocenters. The highest BCUT2D eigenvalue weighted by Gasteiger charge is 2.27. The van der Waals surface area contributed by atoms with E-state index in [-0.39, 0.29) is 9.08 Å². The smallest absolute Gasteiger partial charge is 0.306 e. The quantitative estimate of drug-likeness (QED) is 0.900. The number of rotatable bonds is 4. The lowest BCUT2D eigenvalue weighted by molar-refractivity contribution is 0.602. The molecule has 0 bridgehead atoms. The van der Waals surface area contributed by atoms with Crippen LogP contribution < -0.4 is 9.60 Å². The van der Waals surface area contributed by atoms with Gasteiger partial charge >= 0.3 is 4.87 Å². The molecule has 0 radical (unpaired) electrons. The summed E-state index contributed by atoms with van der Waals surface area (Å²) >= 11 is 1.95. The van der Waals surface area contributed by atoms with Crippen LogP contribution in [0.4, 0.5) is 5.13 Å². The minimum absolute atomic E-state index is 0.0145. The second-order valence-corrected chi connectivity index (χ2v) is 8.10. The minimum atomic E-state index is -3.73. The summed E-state index contributed by atoms with van der Waals surface area (Å²) in [6, 6.07) is 0. The van der Waals surface area contributed by atoms with E-state index in [9.17, 15) is 13.2 Å². The minimum Gasteiger partial charge on any atom is -0.315 e. The van der Waals surface area contributed by atoms with Gasteiger partial charge < -0.3 is 4.98 Å². The molecule has 2 N–H and O–H groups in total. The molecule has 6 nitrogen and oxygen atoms in total. The molecule has 1 saturated carbocycles. The van der Waals surface area contributed by atoms with Gasteiger partial charge in [-0.05, 0) is 19.8 Å². The Balaban J connectivity index is 1.88. The molecule has 0 atom stereocenters. The van der Waals surface area contributed by atoms with Crippen molar-refractivity contribution in [3.63, 3.8) is 0 Å². The third kappa shape index (κ3) is 2.58. The van der Waals surface area contributed by atoms with E-state index >= 15 is 0 Å². The van der Waals surface area contributed by atoms with Crippen LogP contribution in [-0.4, -0.2) is 18.4 Å². The maximum Gasteiger partial charge on any atom is 0.306 e. The van der Waals surface area contributed by atoms with Crippen LogP contribution in [0.15, 0.2) is 14.4 Å². The van der Waals surface area contributed by atoms with Crippen LogP contribution in [0.5, 0.6) is 0 Å². The van der Waals surface area contributed by atoms with Crippen molar-refractivity contribution < 1.29 is 8.42 Å². The van der Waals surface area contributed by atoms with Gasteiger partial charge in [-0.25, -0.2) is 13.4 Å². The third-order valence-corrected chi connectivity index (χ3v) is 6.61. The van der Waals surface area contributed by atoms with Gasteiger partial charge in [0.05, 0.1) is 5.69 Å². The summed E-state index contributed by atoms with van der Waals surface area (Å²) in [5.74, 6) is 0.486. The summed E-state index contributed by atoms with van der Waals surface area (Å²) in [7, 11) is -3.73. The SMILES string of the molecule is Cc1[nH]c(=O)sc1S(=O)(=O)Nc1nc(C2CC2)cs1. The van der Waals surface area contributed by atoms with E-state index in [1.807, 2.05) is 5.38 Å². The molecule has 2 heterocycles. The fraction of sp³-hybridized carbons (Fsp3) is 0.400. The molecular weight excluding hydrogens is 306 g/mol. The zero-order chi connectivity index (χ0) is 13.6. The molecule has 0 aliphatic heterocycles. The molecule has 0 amide bonds. The van der Waals surface area contributed by atoms with Crippen LogP contribution in [0.1, 0.15) is 30.1 Å². The summed E-state index contributed by atoms with van der Waals surface area (Å²) in [5.41, 5.74) is 1.29. The summed E-state index contributed by atoms with van der Waals surface area (Å²) in [4.78, 5) is 17.5. The first-order chi connectivity index (χ1) is 8.95. The molecule has 0 aromatic carbocycles. The molecule has 3 rings (SSSR count).